The maximum absolute atomic E-state index is 8.91. The van der Waals surface area contributed by atoms with Crippen molar-refractivity contribution in [3.05, 3.63) is 12.0 Å². The largest absolute Gasteiger partial charge is 0.432 e. The van der Waals surface area contributed by atoms with Crippen LogP contribution in [0.25, 0.3) is 0 Å². The Morgan fingerprint density at radius 2 is 2.19 bits per heavy atom. The smallest absolute Gasteiger partial charge is 0.297 e. The topological polar surface area (TPSA) is 49.5 Å². The summed E-state index contributed by atoms with van der Waals surface area (Å²) in [6.07, 6.45) is 8.24. The van der Waals surface area contributed by atoms with Gasteiger partial charge in [-0.15, -0.1) is 0 Å². The third-order valence-electron chi connectivity index (χ3n) is 3.28. The fraction of sp³-hybridized carbons (Fsp3) is 0.750. The summed E-state index contributed by atoms with van der Waals surface area (Å²) in [6, 6.07) is 0.620. The highest BCUT2D eigenvalue weighted by Gasteiger charge is 2.17. The molecule has 0 radical (unpaired) electrons. The van der Waals surface area contributed by atoms with Gasteiger partial charge in [-0.05, 0) is 18.8 Å². The van der Waals surface area contributed by atoms with Crippen molar-refractivity contribution in [2.45, 2.75) is 38.7 Å². The summed E-state index contributed by atoms with van der Waals surface area (Å²) in [4.78, 5) is 6.25. The first-order chi connectivity index (χ1) is 7.79. The number of anilines is 1. The minimum atomic E-state index is -0.0548. The SMILES string of the molecule is CN(CC1CCCCC1)c1nc(CO)co1. The van der Waals surface area contributed by atoms with Crippen molar-refractivity contribution in [1.29, 1.82) is 0 Å². The molecule has 2 rings (SSSR count). The lowest BCUT2D eigenvalue weighted by atomic mass is 9.89. The number of hydrogen-bond donors (Lipinski definition) is 1. The van der Waals surface area contributed by atoms with Gasteiger partial charge in [0, 0.05) is 13.6 Å². The molecule has 1 aromatic rings. The second-order valence-electron chi connectivity index (χ2n) is 4.66. The third-order valence-corrected chi connectivity index (χ3v) is 3.28. The van der Waals surface area contributed by atoms with Crippen LogP contribution in [-0.4, -0.2) is 23.7 Å². The molecule has 0 bridgehead atoms. The van der Waals surface area contributed by atoms with E-state index >= 15 is 0 Å². The van der Waals surface area contributed by atoms with Crippen LogP contribution in [0.5, 0.6) is 0 Å². The number of aliphatic hydroxyl groups is 1. The van der Waals surface area contributed by atoms with Crippen LogP contribution in [-0.2, 0) is 6.61 Å². The normalized spacial score (nSPS) is 17.6. The number of rotatable bonds is 4. The molecule has 0 aromatic carbocycles. The lowest BCUT2D eigenvalue weighted by Crippen LogP contribution is -2.27. The van der Waals surface area contributed by atoms with Crippen LogP contribution in [0.1, 0.15) is 37.8 Å². The van der Waals surface area contributed by atoms with E-state index in [-0.39, 0.29) is 6.61 Å². The molecule has 4 heteroatoms. The zero-order valence-electron chi connectivity index (χ0n) is 9.85. The van der Waals surface area contributed by atoms with E-state index in [1.165, 1.54) is 38.4 Å². The van der Waals surface area contributed by atoms with Gasteiger partial charge in [0.15, 0.2) is 0 Å². The molecule has 0 saturated heterocycles. The van der Waals surface area contributed by atoms with Crippen molar-refractivity contribution in [3.8, 4) is 0 Å². The van der Waals surface area contributed by atoms with Crippen LogP contribution in [0, 0.1) is 5.92 Å². The number of hydrogen-bond acceptors (Lipinski definition) is 4. The van der Waals surface area contributed by atoms with Gasteiger partial charge >= 0.3 is 0 Å². The van der Waals surface area contributed by atoms with Gasteiger partial charge in [0.1, 0.15) is 12.0 Å². The first-order valence-corrected chi connectivity index (χ1v) is 6.06. The molecule has 0 aliphatic heterocycles. The van der Waals surface area contributed by atoms with E-state index in [4.69, 9.17) is 9.52 Å². The predicted octanol–water partition coefficient (Wildman–Crippen LogP) is 2.18. The number of nitrogens with zero attached hydrogens (tertiary/aromatic N) is 2. The van der Waals surface area contributed by atoms with Crippen molar-refractivity contribution < 1.29 is 9.52 Å². The summed E-state index contributed by atoms with van der Waals surface area (Å²) >= 11 is 0. The molecular weight excluding hydrogens is 204 g/mol. The van der Waals surface area contributed by atoms with Crippen molar-refractivity contribution >= 4 is 6.01 Å². The quantitative estimate of drug-likeness (QED) is 0.851. The maximum Gasteiger partial charge on any atom is 0.297 e. The summed E-state index contributed by atoms with van der Waals surface area (Å²) in [5.41, 5.74) is 0.602. The van der Waals surface area contributed by atoms with Crippen LogP contribution in [0.15, 0.2) is 10.7 Å². The van der Waals surface area contributed by atoms with Gasteiger partial charge < -0.3 is 14.4 Å². The molecule has 1 aliphatic carbocycles. The molecule has 0 atom stereocenters. The summed E-state index contributed by atoms with van der Waals surface area (Å²) in [5.74, 6) is 0.767. The van der Waals surface area contributed by atoms with Gasteiger partial charge in [0.2, 0.25) is 0 Å². The number of aliphatic hydroxyl groups excluding tert-OH is 1. The molecule has 1 fully saturated rings. The average Bonchev–Trinajstić information content (AvgIpc) is 2.79. The zero-order chi connectivity index (χ0) is 11.4. The summed E-state index contributed by atoms with van der Waals surface area (Å²) in [6.45, 7) is 0.951. The Morgan fingerprint density at radius 3 is 2.81 bits per heavy atom. The van der Waals surface area contributed by atoms with Crippen molar-refractivity contribution in [2.24, 2.45) is 5.92 Å². The second-order valence-corrected chi connectivity index (χ2v) is 4.66. The predicted molar refractivity (Wildman–Crippen MR) is 62.3 cm³/mol. The van der Waals surface area contributed by atoms with Gasteiger partial charge in [0.25, 0.3) is 6.01 Å². The Kier molecular flexibility index (Phi) is 3.83. The van der Waals surface area contributed by atoms with Gasteiger partial charge in [-0.25, -0.2) is 0 Å². The van der Waals surface area contributed by atoms with Crippen molar-refractivity contribution in [3.63, 3.8) is 0 Å². The Hall–Kier alpha value is -1.03. The molecular formula is C12H20N2O2. The van der Waals surface area contributed by atoms with Crippen LogP contribution in [0.4, 0.5) is 6.01 Å². The molecule has 1 aliphatic rings. The Morgan fingerprint density at radius 1 is 1.44 bits per heavy atom. The lowest BCUT2D eigenvalue weighted by molar-refractivity contribution is 0.276. The summed E-state index contributed by atoms with van der Waals surface area (Å²) in [7, 11) is 2.00. The molecule has 1 aromatic heterocycles. The van der Waals surface area contributed by atoms with E-state index in [0.717, 1.165) is 12.5 Å². The minimum absolute atomic E-state index is 0.0548. The van der Waals surface area contributed by atoms with Crippen molar-refractivity contribution in [2.75, 3.05) is 18.5 Å². The molecule has 0 spiro atoms. The van der Waals surface area contributed by atoms with Crippen LogP contribution >= 0.6 is 0 Å². The molecule has 1 N–H and O–H groups in total. The molecule has 1 heterocycles. The molecule has 90 valence electrons. The molecule has 0 amide bonds. The molecule has 4 nitrogen and oxygen atoms in total. The van der Waals surface area contributed by atoms with Crippen LogP contribution in [0.2, 0.25) is 0 Å². The maximum atomic E-state index is 8.91. The second kappa shape index (κ2) is 5.34. The lowest BCUT2D eigenvalue weighted by Gasteiger charge is -2.25. The Balaban J connectivity index is 1.88. The highest BCUT2D eigenvalue weighted by Crippen LogP contribution is 2.25. The van der Waals surface area contributed by atoms with Crippen molar-refractivity contribution in [1.82, 2.24) is 4.98 Å². The van der Waals surface area contributed by atoms with Gasteiger partial charge in [0.05, 0.1) is 6.61 Å². The van der Waals surface area contributed by atoms with Gasteiger partial charge in [-0.1, -0.05) is 19.3 Å². The Bertz CT molecular complexity index is 319. The fourth-order valence-electron chi connectivity index (χ4n) is 2.38. The van der Waals surface area contributed by atoms with E-state index in [9.17, 15) is 0 Å². The van der Waals surface area contributed by atoms with Crippen LogP contribution < -0.4 is 4.90 Å². The third kappa shape index (κ3) is 2.76. The Labute approximate surface area is 96.3 Å². The van der Waals surface area contributed by atoms with Gasteiger partial charge in [-0.3, -0.25) is 0 Å². The molecule has 16 heavy (non-hydrogen) atoms. The zero-order valence-corrected chi connectivity index (χ0v) is 9.85. The first-order valence-electron chi connectivity index (χ1n) is 6.06. The highest BCUT2D eigenvalue weighted by atomic mass is 16.4. The summed E-state index contributed by atoms with van der Waals surface area (Å²) in [5, 5.41) is 8.91. The standard InChI is InChI=1S/C12H20N2O2/c1-14(7-10-5-3-2-4-6-10)12-13-11(8-15)9-16-12/h9-10,15H,2-8H2,1H3. The average molecular weight is 224 g/mol. The highest BCUT2D eigenvalue weighted by molar-refractivity contribution is 5.25. The minimum Gasteiger partial charge on any atom is -0.432 e. The number of aromatic nitrogens is 1. The monoisotopic (exact) mass is 224 g/mol. The van der Waals surface area contributed by atoms with E-state index < -0.39 is 0 Å². The first kappa shape index (κ1) is 11.5. The molecule has 0 unspecified atom stereocenters. The van der Waals surface area contributed by atoms with E-state index in [1.54, 1.807) is 0 Å². The van der Waals surface area contributed by atoms with E-state index in [0.29, 0.717) is 11.7 Å². The number of oxazole rings is 1. The summed E-state index contributed by atoms with van der Waals surface area (Å²) < 4.78 is 5.31. The van der Waals surface area contributed by atoms with E-state index in [1.807, 2.05) is 7.05 Å². The van der Waals surface area contributed by atoms with Gasteiger partial charge in [-0.2, -0.15) is 4.98 Å². The van der Waals surface area contributed by atoms with Crippen LogP contribution in [0.3, 0.4) is 0 Å². The van der Waals surface area contributed by atoms with E-state index in [2.05, 4.69) is 9.88 Å². The fourth-order valence-corrected chi connectivity index (χ4v) is 2.38. The molecule has 1 saturated carbocycles.